The average Bonchev–Trinajstić information content (AvgIpc) is 2.42. The SMILES string of the molecule is COc1ccc(C[NH2+]Cc2ccc(Cl)cc2Cl)cc1. The predicted molar refractivity (Wildman–Crippen MR) is 78.8 cm³/mol. The third kappa shape index (κ3) is 4.13. The maximum absolute atomic E-state index is 6.13. The molecule has 0 saturated carbocycles. The quantitative estimate of drug-likeness (QED) is 0.900. The number of benzene rings is 2. The van der Waals surface area contributed by atoms with Gasteiger partial charge < -0.3 is 10.1 Å². The highest BCUT2D eigenvalue weighted by atomic mass is 35.5. The number of rotatable bonds is 5. The molecule has 0 bridgehead atoms. The molecule has 4 heteroatoms. The zero-order chi connectivity index (χ0) is 13.7. The highest BCUT2D eigenvalue weighted by Gasteiger charge is 2.03. The van der Waals surface area contributed by atoms with Crippen LogP contribution in [0.2, 0.25) is 10.0 Å². The average molecular weight is 297 g/mol. The molecule has 0 saturated heterocycles. The lowest BCUT2D eigenvalue weighted by molar-refractivity contribution is -0.686. The van der Waals surface area contributed by atoms with E-state index in [0.29, 0.717) is 5.02 Å². The summed E-state index contributed by atoms with van der Waals surface area (Å²) < 4.78 is 5.13. The third-order valence-corrected chi connectivity index (χ3v) is 3.51. The van der Waals surface area contributed by atoms with E-state index in [2.05, 4.69) is 17.4 Å². The van der Waals surface area contributed by atoms with Crippen molar-refractivity contribution in [1.29, 1.82) is 0 Å². The van der Waals surface area contributed by atoms with E-state index in [0.717, 1.165) is 29.4 Å². The first kappa shape index (κ1) is 14.2. The van der Waals surface area contributed by atoms with Crippen molar-refractivity contribution in [2.45, 2.75) is 13.1 Å². The smallest absolute Gasteiger partial charge is 0.118 e. The molecule has 100 valence electrons. The van der Waals surface area contributed by atoms with Gasteiger partial charge >= 0.3 is 0 Å². The molecule has 0 heterocycles. The summed E-state index contributed by atoms with van der Waals surface area (Å²) >= 11 is 12.0. The molecule has 2 aromatic carbocycles. The Morgan fingerprint density at radius 3 is 2.37 bits per heavy atom. The second-order valence-corrected chi connectivity index (χ2v) is 5.12. The Labute approximate surface area is 123 Å². The minimum Gasteiger partial charge on any atom is -0.497 e. The summed E-state index contributed by atoms with van der Waals surface area (Å²) in [7, 11) is 1.67. The Morgan fingerprint density at radius 2 is 1.74 bits per heavy atom. The summed E-state index contributed by atoms with van der Waals surface area (Å²) in [5, 5.41) is 3.60. The van der Waals surface area contributed by atoms with Crippen molar-refractivity contribution in [3.8, 4) is 5.75 Å². The van der Waals surface area contributed by atoms with E-state index < -0.39 is 0 Å². The molecule has 0 spiro atoms. The second-order valence-electron chi connectivity index (χ2n) is 4.28. The lowest BCUT2D eigenvalue weighted by Gasteiger charge is -2.05. The van der Waals surface area contributed by atoms with Gasteiger partial charge in [-0.2, -0.15) is 0 Å². The van der Waals surface area contributed by atoms with Crippen molar-refractivity contribution in [1.82, 2.24) is 0 Å². The molecular weight excluding hydrogens is 281 g/mol. The molecular formula is C15H16Cl2NO+. The number of quaternary nitrogens is 1. The van der Waals surface area contributed by atoms with Gasteiger partial charge in [0.25, 0.3) is 0 Å². The minimum absolute atomic E-state index is 0.670. The number of hydrogen-bond acceptors (Lipinski definition) is 1. The topological polar surface area (TPSA) is 25.8 Å². The molecule has 0 amide bonds. The van der Waals surface area contributed by atoms with Crippen LogP contribution in [-0.4, -0.2) is 7.11 Å². The third-order valence-electron chi connectivity index (χ3n) is 2.92. The second kappa shape index (κ2) is 6.80. The van der Waals surface area contributed by atoms with Crippen LogP contribution in [0, 0.1) is 0 Å². The lowest BCUT2D eigenvalue weighted by atomic mass is 10.2. The Morgan fingerprint density at radius 1 is 1.00 bits per heavy atom. The molecule has 0 unspecified atom stereocenters. The van der Waals surface area contributed by atoms with Crippen LogP contribution in [0.4, 0.5) is 0 Å². The molecule has 0 radical (unpaired) electrons. The van der Waals surface area contributed by atoms with Crippen LogP contribution >= 0.6 is 23.2 Å². The van der Waals surface area contributed by atoms with E-state index in [1.54, 1.807) is 13.2 Å². The summed E-state index contributed by atoms with van der Waals surface area (Å²) in [6, 6.07) is 13.7. The van der Waals surface area contributed by atoms with Gasteiger partial charge in [0, 0.05) is 16.1 Å². The van der Waals surface area contributed by atoms with Crippen molar-refractivity contribution in [3.05, 3.63) is 63.6 Å². The van der Waals surface area contributed by atoms with E-state index in [1.165, 1.54) is 5.56 Å². The van der Waals surface area contributed by atoms with Gasteiger partial charge in [-0.3, -0.25) is 0 Å². The maximum atomic E-state index is 6.13. The van der Waals surface area contributed by atoms with Crippen molar-refractivity contribution < 1.29 is 10.1 Å². The number of methoxy groups -OCH3 is 1. The van der Waals surface area contributed by atoms with Gasteiger partial charge in [-0.15, -0.1) is 0 Å². The van der Waals surface area contributed by atoms with Crippen LogP contribution in [0.3, 0.4) is 0 Å². The van der Waals surface area contributed by atoms with Gasteiger partial charge in [0.2, 0.25) is 0 Å². The number of ether oxygens (including phenoxy) is 1. The first-order chi connectivity index (χ1) is 9.19. The molecule has 0 aromatic heterocycles. The summed E-state index contributed by atoms with van der Waals surface area (Å²) in [6.07, 6.45) is 0. The zero-order valence-corrected chi connectivity index (χ0v) is 12.2. The molecule has 0 atom stereocenters. The molecule has 2 nitrogen and oxygen atoms in total. The molecule has 0 fully saturated rings. The van der Waals surface area contributed by atoms with Crippen molar-refractivity contribution in [2.24, 2.45) is 0 Å². The highest BCUT2D eigenvalue weighted by molar-refractivity contribution is 6.35. The van der Waals surface area contributed by atoms with Crippen molar-refractivity contribution in [3.63, 3.8) is 0 Å². The van der Waals surface area contributed by atoms with Crippen LogP contribution in [-0.2, 0) is 13.1 Å². The first-order valence-corrected chi connectivity index (χ1v) is 6.83. The van der Waals surface area contributed by atoms with Crippen molar-refractivity contribution in [2.75, 3.05) is 7.11 Å². The molecule has 19 heavy (non-hydrogen) atoms. The lowest BCUT2D eigenvalue weighted by Crippen LogP contribution is -2.80. The fourth-order valence-electron chi connectivity index (χ4n) is 1.84. The number of halogens is 2. The Bertz CT molecular complexity index is 540. The van der Waals surface area contributed by atoms with E-state index in [4.69, 9.17) is 27.9 Å². The van der Waals surface area contributed by atoms with Crippen molar-refractivity contribution >= 4 is 23.2 Å². The fraction of sp³-hybridized carbons (Fsp3) is 0.200. The molecule has 2 N–H and O–H groups in total. The first-order valence-electron chi connectivity index (χ1n) is 6.07. The Balaban J connectivity index is 1.88. The largest absolute Gasteiger partial charge is 0.497 e. The van der Waals surface area contributed by atoms with Crippen LogP contribution in [0.1, 0.15) is 11.1 Å². The van der Waals surface area contributed by atoms with Gasteiger partial charge in [-0.05, 0) is 36.4 Å². The van der Waals surface area contributed by atoms with Gasteiger partial charge in [-0.25, -0.2) is 0 Å². The highest BCUT2D eigenvalue weighted by Crippen LogP contribution is 2.20. The normalized spacial score (nSPS) is 10.5. The van der Waals surface area contributed by atoms with E-state index in [1.807, 2.05) is 24.3 Å². The fourth-order valence-corrected chi connectivity index (χ4v) is 2.33. The molecule has 2 aromatic rings. The van der Waals surface area contributed by atoms with Crippen LogP contribution in [0.25, 0.3) is 0 Å². The summed E-state index contributed by atoms with van der Waals surface area (Å²) in [5.41, 5.74) is 2.35. The molecule has 0 aliphatic carbocycles. The molecule has 0 aliphatic rings. The van der Waals surface area contributed by atoms with Crippen LogP contribution in [0.5, 0.6) is 5.75 Å². The van der Waals surface area contributed by atoms with Gasteiger partial charge in [0.15, 0.2) is 0 Å². The number of hydrogen-bond donors (Lipinski definition) is 1. The maximum Gasteiger partial charge on any atom is 0.118 e. The monoisotopic (exact) mass is 296 g/mol. The molecule has 0 aliphatic heterocycles. The summed E-state index contributed by atoms with van der Waals surface area (Å²) in [5.74, 6) is 0.879. The molecule has 2 rings (SSSR count). The van der Waals surface area contributed by atoms with Crippen LogP contribution in [0.15, 0.2) is 42.5 Å². The van der Waals surface area contributed by atoms with Gasteiger partial charge in [-0.1, -0.05) is 29.3 Å². The van der Waals surface area contributed by atoms with Gasteiger partial charge in [0.1, 0.15) is 18.8 Å². The Hall–Kier alpha value is -1.22. The van der Waals surface area contributed by atoms with Gasteiger partial charge in [0.05, 0.1) is 12.1 Å². The van der Waals surface area contributed by atoms with E-state index in [9.17, 15) is 0 Å². The summed E-state index contributed by atoms with van der Waals surface area (Å²) in [4.78, 5) is 0. The summed E-state index contributed by atoms with van der Waals surface area (Å²) in [6.45, 7) is 1.74. The zero-order valence-electron chi connectivity index (χ0n) is 10.7. The number of nitrogens with two attached hydrogens (primary N) is 1. The van der Waals surface area contributed by atoms with E-state index in [-0.39, 0.29) is 0 Å². The predicted octanol–water partition coefficient (Wildman–Crippen LogP) is 3.27. The minimum atomic E-state index is 0.670. The Kier molecular flexibility index (Phi) is 5.08. The van der Waals surface area contributed by atoms with Crippen LogP contribution < -0.4 is 10.1 Å². The standard InChI is InChI=1S/C15H15Cl2NO/c1-19-14-6-2-11(3-7-14)9-18-10-12-4-5-13(16)8-15(12)17/h2-8,18H,9-10H2,1H3/p+1. The van der Waals surface area contributed by atoms with E-state index >= 15 is 0 Å².